The van der Waals surface area contributed by atoms with Crippen LogP contribution in [0, 0.1) is 0 Å². The quantitative estimate of drug-likeness (QED) is 0.134. The molecule has 0 aliphatic heterocycles. The summed E-state index contributed by atoms with van der Waals surface area (Å²) in [4.78, 5) is 14.7. The zero-order valence-corrected chi connectivity index (χ0v) is 13.9. The first-order valence-corrected chi connectivity index (χ1v) is 8.59. The molecule has 0 unspecified atom stereocenters. The highest BCUT2D eigenvalue weighted by Gasteiger charge is 1.97. The SMILES string of the molecule is CCCCCC(=CC=CCCCCCCCCC(=O)O)OO. The van der Waals surface area contributed by atoms with Crippen molar-refractivity contribution in [3.05, 3.63) is 24.0 Å². The van der Waals surface area contributed by atoms with Crippen LogP contribution in [0.4, 0.5) is 0 Å². The van der Waals surface area contributed by atoms with Gasteiger partial charge in [-0.1, -0.05) is 57.6 Å². The summed E-state index contributed by atoms with van der Waals surface area (Å²) in [6, 6.07) is 0. The maximum atomic E-state index is 10.3. The third kappa shape index (κ3) is 15.1. The van der Waals surface area contributed by atoms with Crippen molar-refractivity contribution in [2.24, 2.45) is 0 Å². The number of unbranched alkanes of at least 4 members (excludes halogenated alkanes) is 8. The van der Waals surface area contributed by atoms with E-state index in [9.17, 15) is 4.79 Å². The maximum Gasteiger partial charge on any atom is 0.303 e. The van der Waals surface area contributed by atoms with Crippen molar-refractivity contribution in [3.63, 3.8) is 0 Å². The molecule has 22 heavy (non-hydrogen) atoms. The van der Waals surface area contributed by atoms with Crippen LogP contribution in [0.1, 0.15) is 84.0 Å². The standard InChI is InChI=1S/C18H32O4/c1-2-3-11-14-17(22-21)15-12-9-7-5-4-6-8-10-13-16-18(19)20/h9,12,15,21H,2-8,10-11,13-14,16H2,1H3,(H,19,20). The topological polar surface area (TPSA) is 66.8 Å². The summed E-state index contributed by atoms with van der Waals surface area (Å²) in [6.45, 7) is 2.15. The van der Waals surface area contributed by atoms with E-state index in [-0.39, 0.29) is 0 Å². The minimum atomic E-state index is -0.695. The third-order valence-corrected chi connectivity index (χ3v) is 3.57. The van der Waals surface area contributed by atoms with E-state index in [0.717, 1.165) is 57.8 Å². The fourth-order valence-corrected chi connectivity index (χ4v) is 2.23. The summed E-state index contributed by atoms with van der Waals surface area (Å²) in [5.41, 5.74) is 0. The summed E-state index contributed by atoms with van der Waals surface area (Å²) in [7, 11) is 0. The molecule has 0 radical (unpaired) electrons. The molecule has 0 rings (SSSR count). The molecular weight excluding hydrogens is 280 g/mol. The van der Waals surface area contributed by atoms with Crippen LogP contribution in [0.5, 0.6) is 0 Å². The molecular formula is C18H32O4. The second-order valence-electron chi connectivity index (χ2n) is 5.66. The van der Waals surface area contributed by atoms with E-state index in [1.807, 2.05) is 12.2 Å². The van der Waals surface area contributed by atoms with Gasteiger partial charge in [0.1, 0.15) is 5.76 Å². The number of carboxylic acids is 1. The van der Waals surface area contributed by atoms with Crippen molar-refractivity contribution in [1.29, 1.82) is 0 Å². The fourth-order valence-electron chi connectivity index (χ4n) is 2.23. The van der Waals surface area contributed by atoms with Crippen molar-refractivity contribution in [2.75, 3.05) is 0 Å². The zero-order chi connectivity index (χ0) is 16.5. The van der Waals surface area contributed by atoms with Crippen LogP contribution >= 0.6 is 0 Å². The molecule has 0 aromatic rings. The number of aliphatic carboxylic acids is 1. The molecule has 0 saturated carbocycles. The molecule has 0 aliphatic rings. The predicted octanol–water partition coefficient (Wildman–Crippen LogP) is 5.70. The van der Waals surface area contributed by atoms with Gasteiger partial charge >= 0.3 is 5.97 Å². The average molecular weight is 312 g/mol. The van der Waals surface area contributed by atoms with E-state index in [1.54, 1.807) is 0 Å². The Morgan fingerprint density at radius 2 is 1.59 bits per heavy atom. The van der Waals surface area contributed by atoms with Gasteiger partial charge in [0, 0.05) is 12.8 Å². The molecule has 0 heterocycles. The number of allylic oxidation sites excluding steroid dienone is 4. The molecule has 0 aromatic heterocycles. The van der Waals surface area contributed by atoms with Crippen LogP contribution in [-0.4, -0.2) is 16.3 Å². The van der Waals surface area contributed by atoms with Crippen molar-refractivity contribution in [3.8, 4) is 0 Å². The first kappa shape index (κ1) is 20.7. The summed E-state index contributed by atoms with van der Waals surface area (Å²) in [5, 5.41) is 17.3. The molecule has 0 saturated heterocycles. The van der Waals surface area contributed by atoms with E-state index in [1.165, 1.54) is 12.8 Å². The average Bonchev–Trinajstić information content (AvgIpc) is 2.50. The molecule has 0 bridgehead atoms. The van der Waals surface area contributed by atoms with Crippen LogP contribution in [0.25, 0.3) is 0 Å². The van der Waals surface area contributed by atoms with Gasteiger partial charge in [-0.05, 0) is 31.8 Å². The number of carboxylic acid groups (broad SMARTS) is 1. The van der Waals surface area contributed by atoms with Crippen LogP contribution in [0.3, 0.4) is 0 Å². The highest BCUT2D eigenvalue weighted by atomic mass is 17.1. The van der Waals surface area contributed by atoms with E-state index < -0.39 is 5.97 Å². The predicted molar refractivity (Wildman–Crippen MR) is 89.7 cm³/mol. The van der Waals surface area contributed by atoms with Crippen LogP contribution < -0.4 is 0 Å². The first-order chi connectivity index (χ1) is 10.7. The Labute approximate surface area is 134 Å². The largest absolute Gasteiger partial charge is 0.481 e. The first-order valence-electron chi connectivity index (χ1n) is 8.59. The van der Waals surface area contributed by atoms with Gasteiger partial charge in [0.2, 0.25) is 0 Å². The van der Waals surface area contributed by atoms with Crippen LogP contribution in [0.15, 0.2) is 24.0 Å². The Bertz CT molecular complexity index is 321. The molecule has 0 aromatic carbocycles. The second-order valence-corrected chi connectivity index (χ2v) is 5.66. The molecule has 4 heteroatoms. The molecule has 0 amide bonds. The van der Waals surface area contributed by atoms with Gasteiger partial charge < -0.3 is 9.99 Å². The van der Waals surface area contributed by atoms with Gasteiger partial charge in [-0.3, -0.25) is 4.79 Å². The fraction of sp³-hybridized carbons (Fsp3) is 0.722. The molecule has 0 atom stereocenters. The molecule has 128 valence electrons. The lowest BCUT2D eigenvalue weighted by molar-refractivity contribution is -0.205. The van der Waals surface area contributed by atoms with Crippen LogP contribution in [0.2, 0.25) is 0 Å². The van der Waals surface area contributed by atoms with Crippen LogP contribution in [-0.2, 0) is 9.68 Å². The normalized spacial score (nSPS) is 12.0. The highest BCUT2D eigenvalue weighted by Crippen LogP contribution is 2.11. The molecule has 2 N–H and O–H groups in total. The monoisotopic (exact) mass is 312 g/mol. The Morgan fingerprint density at radius 3 is 2.23 bits per heavy atom. The van der Waals surface area contributed by atoms with E-state index in [2.05, 4.69) is 17.9 Å². The second kappa shape index (κ2) is 16.1. The number of hydrogen-bond donors (Lipinski definition) is 2. The van der Waals surface area contributed by atoms with Gasteiger partial charge in [-0.15, -0.1) is 0 Å². The van der Waals surface area contributed by atoms with Gasteiger partial charge in [0.05, 0.1) is 0 Å². The Balaban J connectivity index is 3.50. The van der Waals surface area contributed by atoms with Crippen molar-refractivity contribution in [2.45, 2.75) is 84.0 Å². The molecule has 0 spiro atoms. The van der Waals surface area contributed by atoms with Crippen molar-refractivity contribution < 1.29 is 20.0 Å². The highest BCUT2D eigenvalue weighted by molar-refractivity contribution is 5.66. The zero-order valence-electron chi connectivity index (χ0n) is 13.9. The van der Waals surface area contributed by atoms with Crippen molar-refractivity contribution >= 4 is 5.97 Å². The van der Waals surface area contributed by atoms with Gasteiger partial charge in [0.15, 0.2) is 0 Å². The molecule has 0 fully saturated rings. The molecule has 4 nitrogen and oxygen atoms in total. The van der Waals surface area contributed by atoms with E-state index >= 15 is 0 Å². The number of hydrogen-bond acceptors (Lipinski definition) is 3. The van der Waals surface area contributed by atoms with Gasteiger partial charge in [0.25, 0.3) is 0 Å². The summed E-state index contributed by atoms with van der Waals surface area (Å²) in [6.07, 6.45) is 17.8. The van der Waals surface area contributed by atoms with Gasteiger partial charge in [-0.2, -0.15) is 0 Å². The Kier molecular flexibility index (Phi) is 15.1. The summed E-state index contributed by atoms with van der Waals surface area (Å²) >= 11 is 0. The van der Waals surface area contributed by atoms with Gasteiger partial charge in [-0.25, -0.2) is 5.26 Å². The number of rotatable bonds is 15. The number of carbonyl (C=O) groups is 1. The lowest BCUT2D eigenvalue weighted by atomic mass is 10.1. The maximum absolute atomic E-state index is 10.3. The van der Waals surface area contributed by atoms with E-state index in [0.29, 0.717) is 12.2 Å². The minimum absolute atomic E-state index is 0.294. The Morgan fingerprint density at radius 1 is 0.955 bits per heavy atom. The lowest BCUT2D eigenvalue weighted by Crippen LogP contribution is -1.93. The summed E-state index contributed by atoms with van der Waals surface area (Å²) < 4.78 is 0. The molecule has 0 aliphatic carbocycles. The Hall–Kier alpha value is -1.29. The third-order valence-electron chi connectivity index (χ3n) is 3.57. The van der Waals surface area contributed by atoms with Crippen molar-refractivity contribution in [1.82, 2.24) is 0 Å². The summed E-state index contributed by atoms with van der Waals surface area (Å²) in [5.74, 6) is -0.0674. The minimum Gasteiger partial charge on any atom is -0.481 e. The van der Waals surface area contributed by atoms with E-state index in [4.69, 9.17) is 10.4 Å². The lowest BCUT2D eigenvalue weighted by Gasteiger charge is -2.01. The smallest absolute Gasteiger partial charge is 0.303 e.